The number of hydrogen-bond acceptors (Lipinski definition) is 10. The second-order valence-electron chi connectivity index (χ2n) is 13.8. The van der Waals surface area contributed by atoms with Gasteiger partial charge in [-0.05, 0) is 59.7 Å². The summed E-state index contributed by atoms with van der Waals surface area (Å²) < 4.78 is 26.8. The fraction of sp³-hybridized carbons (Fsp3) is 0.581. The van der Waals surface area contributed by atoms with Crippen molar-refractivity contribution >= 4 is 29.0 Å². The van der Waals surface area contributed by atoms with E-state index in [4.69, 9.17) is 18.9 Å². The van der Waals surface area contributed by atoms with Gasteiger partial charge in [0.25, 0.3) is 5.91 Å². The highest BCUT2D eigenvalue weighted by atomic mass is 16.8. The molecule has 0 bridgehead atoms. The molecule has 234 valence electrons. The van der Waals surface area contributed by atoms with Crippen LogP contribution in [0.5, 0.6) is 0 Å². The molecule has 3 aromatic rings. The van der Waals surface area contributed by atoms with Crippen molar-refractivity contribution in [2.75, 3.05) is 38.0 Å². The standard InChI is InChI=1S/C31H39N7O6/c1-29(2,3)44-28(40)37-15-31(16-37)11-12-36(14-31)13-20-22-23(43-30(4,5)42-22)27(41-20)38-18-34-21-24(32-17-33-25(21)38)35-26(39)19-9-7-6-8-10-19/h6-10,17-18,20,22-23,27H,11-16H2,1-5H3,(H,32,33,35,39)/t20-,22-,23-,27-/m1/s1. The van der Waals surface area contributed by atoms with E-state index >= 15 is 0 Å². The zero-order valence-corrected chi connectivity index (χ0v) is 25.7. The Kier molecular flexibility index (Phi) is 6.92. The highest BCUT2D eigenvalue weighted by Crippen LogP contribution is 2.46. The lowest BCUT2D eigenvalue weighted by molar-refractivity contribution is -0.197. The van der Waals surface area contributed by atoms with Crippen LogP contribution in [-0.2, 0) is 18.9 Å². The number of carbonyl (C=O) groups is 2. The fourth-order valence-electron chi connectivity index (χ4n) is 6.84. The molecule has 6 heterocycles. The SMILES string of the molecule is CC(C)(C)OC(=O)N1CC2(CCN(C[C@H]3O[C@@H](n4cnc5c(NC(=O)c6ccccc6)ncnc54)[C@@H]4OC(C)(C)O[C@@H]43)C2)C1. The summed E-state index contributed by atoms with van der Waals surface area (Å²) in [6.45, 7) is 13.4. The van der Waals surface area contributed by atoms with Gasteiger partial charge in [-0.2, -0.15) is 0 Å². The van der Waals surface area contributed by atoms with Gasteiger partial charge in [0.05, 0.1) is 6.33 Å². The van der Waals surface area contributed by atoms with Crippen molar-refractivity contribution in [2.45, 2.75) is 77.0 Å². The van der Waals surface area contributed by atoms with Gasteiger partial charge in [-0.25, -0.2) is 19.7 Å². The molecule has 2 amide bonds. The summed E-state index contributed by atoms with van der Waals surface area (Å²) in [5, 5.41) is 2.86. The van der Waals surface area contributed by atoms with Gasteiger partial charge in [-0.1, -0.05) is 18.2 Å². The zero-order valence-electron chi connectivity index (χ0n) is 25.7. The molecule has 13 heteroatoms. The quantitative estimate of drug-likeness (QED) is 0.461. The minimum atomic E-state index is -0.774. The van der Waals surface area contributed by atoms with Gasteiger partial charge < -0.3 is 29.2 Å². The van der Waals surface area contributed by atoms with Gasteiger partial charge in [0.2, 0.25) is 0 Å². The van der Waals surface area contributed by atoms with Gasteiger partial charge in [0.1, 0.15) is 30.2 Å². The number of likely N-dealkylation sites (tertiary alicyclic amines) is 2. The van der Waals surface area contributed by atoms with Gasteiger partial charge >= 0.3 is 6.09 Å². The molecule has 13 nitrogen and oxygen atoms in total. The molecule has 1 spiro atoms. The summed E-state index contributed by atoms with van der Waals surface area (Å²) >= 11 is 0. The average molecular weight is 606 g/mol. The fourth-order valence-corrected chi connectivity index (χ4v) is 6.84. The first kappa shape index (κ1) is 29.1. The Labute approximate surface area is 255 Å². The van der Waals surface area contributed by atoms with E-state index in [2.05, 4.69) is 25.2 Å². The number of ether oxygens (including phenoxy) is 4. The van der Waals surface area contributed by atoms with Gasteiger partial charge in [-0.3, -0.25) is 14.3 Å². The number of hydrogen-bond donors (Lipinski definition) is 1. The summed E-state index contributed by atoms with van der Waals surface area (Å²) in [4.78, 5) is 42.9. The topological polar surface area (TPSA) is 133 Å². The third-order valence-corrected chi connectivity index (χ3v) is 8.69. The first-order valence-corrected chi connectivity index (χ1v) is 15.1. The Morgan fingerprint density at radius 3 is 2.55 bits per heavy atom. The molecule has 4 fully saturated rings. The molecule has 4 saturated heterocycles. The van der Waals surface area contributed by atoms with E-state index in [-0.39, 0.29) is 35.7 Å². The molecule has 7 rings (SSSR count). The van der Waals surface area contributed by atoms with Crippen LogP contribution in [0.4, 0.5) is 10.6 Å². The Hall–Kier alpha value is -3.65. The van der Waals surface area contributed by atoms with E-state index < -0.39 is 17.6 Å². The number of rotatable bonds is 5. The van der Waals surface area contributed by atoms with Crippen molar-refractivity contribution in [1.82, 2.24) is 29.3 Å². The summed E-state index contributed by atoms with van der Waals surface area (Å²) in [7, 11) is 0. The Balaban J connectivity index is 1.06. The molecule has 0 radical (unpaired) electrons. The molecule has 4 atom stereocenters. The van der Waals surface area contributed by atoms with Crippen LogP contribution in [0, 0.1) is 5.41 Å². The van der Waals surface area contributed by atoms with E-state index in [1.165, 1.54) is 6.33 Å². The molecule has 0 unspecified atom stereocenters. The van der Waals surface area contributed by atoms with Crippen LogP contribution in [0.1, 0.15) is 57.6 Å². The predicted octanol–water partition coefficient (Wildman–Crippen LogP) is 3.44. The van der Waals surface area contributed by atoms with Crippen molar-refractivity contribution < 1.29 is 28.5 Å². The number of benzene rings is 1. The highest BCUT2D eigenvalue weighted by Gasteiger charge is 2.57. The summed E-state index contributed by atoms with van der Waals surface area (Å²) in [5.74, 6) is -0.735. The van der Waals surface area contributed by atoms with E-state index in [0.717, 1.165) is 19.5 Å². The first-order chi connectivity index (χ1) is 20.9. The maximum absolute atomic E-state index is 12.8. The number of nitrogens with zero attached hydrogens (tertiary/aromatic N) is 6. The molecule has 2 aromatic heterocycles. The molecule has 44 heavy (non-hydrogen) atoms. The largest absolute Gasteiger partial charge is 0.444 e. The van der Waals surface area contributed by atoms with E-state index in [0.29, 0.717) is 42.2 Å². The molecule has 1 aromatic carbocycles. The Morgan fingerprint density at radius 1 is 1.05 bits per heavy atom. The normalized spacial score (nSPS) is 27.4. The van der Waals surface area contributed by atoms with Gasteiger partial charge in [-0.15, -0.1) is 0 Å². The lowest BCUT2D eigenvalue weighted by atomic mass is 9.79. The van der Waals surface area contributed by atoms with Crippen molar-refractivity contribution in [3.8, 4) is 0 Å². The summed E-state index contributed by atoms with van der Waals surface area (Å²) in [6, 6.07) is 8.95. The smallest absolute Gasteiger partial charge is 0.410 e. The van der Waals surface area contributed by atoms with Crippen molar-refractivity contribution in [1.29, 1.82) is 0 Å². The number of aromatic nitrogens is 4. The molecule has 0 saturated carbocycles. The molecule has 1 N–H and O–H groups in total. The van der Waals surface area contributed by atoms with Gasteiger partial charge in [0, 0.05) is 37.2 Å². The van der Waals surface area contributed by atoms with Crippen LogP contribution < -0.4 is 5.32 Å². The van der Waals surface area contributed by atoms with Crippen molar-refractivity contribution in [2.24, 2.45) is 5.41 Å². The maximum Gasteiger partial charge on any atom is 0.410 e. The first-order valence-electron chi connectivity index (χ1n) is 15.1. The second kappa shape index (κ2) is 10.5. The molecular formula is C31H39N7O6. The summed E-state index contributed by atoms with van der Waals surface area (Å²) in [5.41, 5.74) is 1.08. The van der Waals surface area contributed by atoms with E-state index in [9.17, 15) is 9.59 Å². The molecule has 4 aliphatic heterocycles. The number of fused-ring (bicyclic) bond motifs is 2. The number of nitrogens with one attached hydrogen (secondary N) is 1. The minimum Gasteiger partial charge on any atom is -0.444 e. The average Bonchev–Trinajstić information content (AvgIpc) is 3.70. The molecule has 0 aliphatic carbocycles. The van der Waals surface area contributed by atoms with Crippen molar-refractivity contribution in [3.63, 3.8) is 0 Å². The van der Waals surface area contributed by atoms with Crippen LogP contribution in [0.2, 0.25) is 0 Å². The second-order valence-corrected chi connectivity index (χ2v) is 13.8. The maximum atomic E-state index is 12.8. The third-order valence-electron chi connectivity index (χ3n) is 8.69. The summed E-state index contributed by atoms with van der Waals surface area (Å²) in [6.07, 6.45) is 2.37. The Morgan fingerprint density at radius 2 is 1.80 bits per heavy atom. The molecular weight excluding hydrogens is 566 g/mol. The monoisotopic (exact) mass is 605 g/mol. The minimum absolute atomic E-state index is 0.0820. The zero-order chi connectivity index (χ0) is 30.9. The number of imidazole rings is 1. The lowest BCUT2D eigenvalue weighted by Gasteiger charge is -2.48. The molecule has 4 aliphatic rings. The van der Waals surface area contributed by atoms with Crippen LogP contribution >= 0.6 is 0 Å². The lowest BCUT2D eigenvalue weighted by Crippen LogP contribution is -2.60. The number of carbonyl (C=O) groups excluding carboxylic acids is 2. The van der Waals surface area contributed by atoms with Crippen LogP contribution in [0.25, 0.3) is 11.2 Å². The van der Waals surface area contributed by atoms with E-state index in [1.807, 2.05) is 57.4 Å². The Bertz CT molecular complexity index is 1560. The van der Waals surface area contributed by atoms with Gasteiger partial charge in [0.15, 0.2) is 29.0 Å². The third kappa shape index (κ3) is 5.42. The van der Waals surface area contributed by atoms with Crippen molar-refractivity contribution in [3.05, 3.63) is 48.5 Å². The highest BCUT2D eigenvalue weighted by molar-refractivity contribution is 6.06. The van der Waals surface area contributed by atoms with Crippen LogP contribution in [-0.4, -0.2) is 104 Å². The van der Waals surface area contributed by atoms with E-state index in [1.54, 1.807) is 23.4 Å². The van der Waals surface area contributed by atoms with Crippen LogP contribution in [0.15, 0.2) is 43.0 Å². The van der Waals surface area contributed by atoms with Crippen LogP contribution in [0.3, 0.4) is 0 Å². The number of anilines is 1. The predicted molar refractivity (Wildman–Crippen MR) is 159 cm³/mol. The number of amides is 2.